The number of carboxylic acid groups (broad SMARTS) is 3. The largest absolute Gasteiger partial charge is 2.00 e. The molecular weight excluding hydrogens is 325 g/mol. The molecule has 0 saturated heterocycles. The number of hydrogen-bond acceptors (Lipinski definition) is 7. The second-order valence-corrected chi connectivity index (χ2v) is 2.42. The molecule has 13 heteroatoms. The molecule has 0 amide bonds. The van der Waals surface area contributed by atoms with E-state index in [1.165, 1.54) is 0 Å². The van der Waals surface area contributed by atoms with Crippen molar-refractivity contribution < 1.29 is 137 Å². The molecule has 0 fully saturated rings. The zero-order chi connectivity index (χ0) is 10.6. The molecule has 0 aromatic heterocycles. The van der Waals surface area contributed by atoms with Crippen molar-refractivity contribution >= 4 is 55.6 Å². The fraction of sp³-hybridized carbons (Fsp3) is 0.500. The Kier molecular flexibility index (Phi) is 46.5. The zero-order valence-electron chi connectivity index (χ0n) is 13.0. The maximum atomic E-state index is 10.1. The van der Waals surface area contributed by atoms with Crippen molar-refractivity contribution in [1.29, 1.82) is 0 Å². The quantitative estimate of drug-likeness (QED) is 0.479. The van der Waals surface area contributed by atoms with Gasteiger partial charge in [0.15, 0.2) is 0 Å². The molecule has 9 nitrogen and oxygen atoms in total. The van der Waals surface area contributed by atoms with Crippen LogP contribution in [0.4, 0.5) is 0 Å². The Balaban J connectivity index is -0.0000000257. The predicted molar refractivity (Wildman–Crippen MR) is 44.4 cm³/mol. The van der Waals surface area contributed by atoms with E-state index in [0.29, 0.717) is 0 Å². The SMILES string of the molecule is O.O.O=C([O-])CC(O)(CC(=O)[O-])C(=O)[O-].[Ca+2].[H-].[H-].[Na+].[Na+].[Na+]. The Labute approximate surface area is 208 Å². The van der Waals surface area contributed by atoms with Crippen molar-refractivity contribution in [2.45, 2.75) is 18.4 Å². The van der Waals surface area contributed by atoms with E-state index in [9.17, 15) is 29.7 Å². The van der Waals surface area contributed by atoms with E-state index in [1.54, 1.807) is 0 Å². The molecule has 0 aliphatic heterocycles. The van der Waals surface area contributed by atoms with Crippen LogP contribution in [0.3, 0.4) is 0 Å². The summed E-state index contributed by atoms with van der Waals surface area (Å²) in [5.41, 5.74) is -2.97. The van der Waals surface area contributed by atoms with Crippen molar-refractivity contribution in [3.05, 3.63) is 0 Å². The molecule has 19 heavy (non-hydrogen) atoms. The molecule has 0 aliphatic carbocycles. The van der Waals surface area contributed by atoms with Crippen LogP contribution in [0.1, 0.15) is 15.7 Å². The molecule has 0 spiro atoms. The van der Waals surface area contributed by atoms with Gasteiger partial charge in [-0.15, -0.1) is 0 Å². The summed E-state index contributed by atoms with van der Waals surface area (Å²) in [5, 5.41) is 38.9. The van der Waals surface area contributed by atoms with Crippen molar-refractivity contribution in [2.24, 2.45) is 0 Å². The van der Waals surface area contributed by atoms with Crippen LogP contribution in [0.2, 0.25) is 0 Å². The number of rotatable bonds is 5. The van der Waals surface area contributed by atoms with Gasteiger partial charge in [0.2, 0.25) is 0 Å². The van der Waals surface area contributed by atoms with Crippen molar-refractivity contribution in [1.82, 2.24) is 0 Å². The standard InChI is InChI=1S/C6H8O7.Ca.3Na.2H2O.2H/c7-3(8)1-6(13,5(11)12)2-4(9)10;;;;;;;;/h13H,1-2H2,(H,7,8)(H,9,10)(H,11,12);;;;;2*1H2;;/q;+2;3*+1;;;2*-1/p-3. The molecule has 5 N–H and O–H groups in total. The van der Waals surface area contributed by atoms with Crippen molar-refractivity contribution in [3.8, 4) is 0 Å². The fourth-order valence-electron chi connectivity index (χ4n) is 0.684. The summed E-state index contributed by atoms with van der Waals surface area (Å²) >= 11 is 0. The van der Waals surface area contributed by atoms with Gasteiger partial charge >= 0.3 is 126 Å². The van der Waals surface area contributed by atoms with Crippen LogP contribution in [0, 0.1) is 0 Å². The van der Waals surface area contributed by atoms with Crippen LogP contribution in [-0.2, 0) is 14.4 Å². The summed E-state index contributed by atoms with van der Waals surface area (Å²) in [6.07, 6.45) is -2.72. The Hall–Kier alpha value is 2.55. The minimum Gasteiger partial charge on any atom is -1.00 e. The third-order valence-electron chi connectivity index (χ3n) is 1.25. The van der Waals surface area contributed by atoms with Crippen LogP contribution in [-0.4, -0.2) is 77.3 Å². The second kappa shape index (κ2) is 20.5. The van der Waals surface area contributed by atoms with E-state index < -0.39 is 36.4 Å². The molecule has 0 rings (SSSR count). The van der Waals surface area contributed by atoms with Gasteiger partial charge in [-0.3, -0.25) is 0 Å². The summed E-state index contributed by atoms with van der Waals surface area (Å²) in [7, 11) is 0. The minimum absolute atomic E-state index is 0. The number of aliphatic carboxylic acids is 3. The van der Waals surface area contributed by atoms with Gasteiger partial charge in [-0.2, -0.15) is 0 Å². The molecule has 0 aromatic rings. The van der Waals surface area contributed by atoms with Crippen molar-refractivity contribution in [3.63, 3.8) is 0 Å². The monoisotopic (exact) mass is 336 g/mol. The zero-order valence-corrected chi connectivity index (χ0v) is 19.2. The minimum atomic E-state index is -2.97. The topological polar surface area (TPSA) is 204 Å². The molecular formula is C6H11CaNa3O9. The fourth-order valence-corrected chi connectivity index (χ4v) is 0.684. The number of carbonyl (C=O) groups excluding carboxylic acids is 3. The Morgan fingerprint density at radius 2 is 1.11 bits per heavy atom. The van der Waals surface area contributed by atoms with E-state index in [0.717, 1.165) is 0 Å². The van der Waals surface area contributed by atoms with E-state index >= 15 is 0 Å². The summed E-state index contributed by atoms with van der Waals surface area (Å²) in [6, 6.07) is 0. The first-order valence-electron chi connectivity index (χ1n) is 3.11. The van der Waals surface area contributed by atoms with E-state index in [4.69, 9.17) is 5.11 Å². The van der Waals surface area contributed by atoms with Gasteiger partial charge in [0.25, 0.3) is 0 Å². The van der Waals surface area contributed by atoms with Crippen LogP contribution in [0.15, 0.2) is 0 Å². The van der Waals surface area contributed by atoms with E-state index in [1.807, 2.05) is 0 Å². The first kappa shape index (κ1) is 43.0. The number of aliphatic hydroxyl groups is 1. The molecule has 0 saturated carbocycles. The van der Waals surface area contributed by atoms with E-state index in [-0.39, 0.29) is 140 Å². The second-order valence-electron chi connectivity index (χ2n) is 2.42. The Morgan fingerprint density at radius 3 is 1.21 bits per heavy atom. The number of hydrogen-bond donors (Lipinski definition) is 1. The number of carboxylic acids is 3. The van der Waals surface area contributed by atoms with Gasteiger partial charge in [0.1, 0.15) is 5.60 Å². The summed E-state index contributed by atoms with van der Waals surface area (Å²) < 4.78 is 0. The summed E-state index contributed by atoms with van der Waals surface area (Å²) in [4.78, 5) is 30.0. The van der Waals surface area contributed by atoms with Crippen LogP contribution in [0.25, 0.3) is 0 Å². The molecule has 94 valence electrons. The molecule has 0 radical (unpaired) electrons. The van der Waals surface area contributed by atoms with Gasteiger partial charge in [-0.05, 0) is 0 Å². The van der Waals surface area contributed by atoms with Gasteiger partial charge in [0.05, 0.1) is 5.97 Å². The Morgan fingerprint density at radius 1 is 0.895 bits per heavy atom. The molecule has 0 aliphatic rings. The summed E-state index contributed by atoms with van der Waals surface area (Å²) in [5.74, 6) is -5.98. The molecule has 0 atom stereocenters. The summed E-state index contributed by atoms with van der Waals surface area (Å²) in [6.45, 7) is 0. The van der Waals surface area contributed by atoms with Gasteiger partial charge < -0.3 is 48.6 Å². The maximum Gasteiger partial charge on any atom is 2.00 e. The molecule has 0 unspecified atom stereocenters. The third kappa shape index (κ3) is 20.5. The molecule has 0 aromatic carbocycles. The first-order chi connectivity index (χ1) is 5.78. The first-order valence-corrected chi connectivity index (χ1v) is 3.11. The Bertz CT molecular complexity index is 256. The average Bonchev–Trinajstić information content (AvgIpc) is 1.82. The normalized spacial score (nSPS) is 7.42. The van der Waals surface area contributed by atoms with Gasteiger partial charge in [-0.1, -0.05) is 0 Å². The third-order valence-corrected chi connectivity index (χ3v) is 1.25. The van der Waals surface area contributed by atoms with E-state index in [2.05, 4.69) is 0 Å². The smallest absolute Gasteiger partial charge is 1.00 e. The number of carbonyl (C=O) groups is 3. The van der Waals surface area contributed by atoms with Crippen LogP contribution >= 0.6 is 0 Å². The molecule has 0 bridgehead atoms. The van der Waals surface area contributed by atoms with Crippen molar-refractivity contribution in [2.75, 3.05) is 0 Å². The van der Waals surface area contributed by atoms with Gasteiger partial charge in [0, 0.05) is 24.8 Å². The molecule has 0 heterocycles. The predicted octanol–water partition coefficient (Wildman–Crippen LogP) is -16.0. The van der Waals surface area contributed by atoms with Gasteiger partial charge in [-0.25, -0.2) is 0 Å². The van der Waals surface area contributed by atoms with Crippen LogP contribution < -0.4 is 104 Å². The van der Waals surface area contributed by atoms with Crippen LogP contribution in [0.5, 0.6) is 0 Å². The average molecular weight is 336 g/mol. The maximum absolute atomic E-state index is 10.1.